The Kier molecular flexibility index (Phi) is 4.77. The molecule has 1 heterocycles. The van der Waals surface area contributed by atoms with Crippen LogP contribution in [0.2, 0.25) is 0 Å². The first-order valence-electron chi connectivity index (χ1n) is 6.85. The third kappa shape index (κ3) is 3.96. The van der Waals surface area contributed by atoms with Crippen LogP contribution in [0.4, 0.5) is 0 Å². The molecule has 0 amide bonds. The van der Waals surface area contributed by atoms with Gasteiger partial charge in [0.15, 0.2) is 0 Å². The lowest BCUT2D eigenvalue weighted by molar-refractivity contribution is 1.06. The molecule has 0 aliphatic heterocycles. The third-order valence-corrected chi connectivity index (χ3v) is 3.07. The van der Waals surface area contributed by atoms with Crippen molar-refractivity contribution in [3.8, 4) is 11.1 Å². The van der Waals surface area contributed by atoms with Crippen molar-refractivity contribution >= 4 is 11.8 Å². The van der Waals surface area contributed by atoms with Gasteiger partial charge in [-0.15, -0.1) is 0 Å². The minimum absolute atomic E-state index is 0.780. The van der Waals surface area contributed by atoms with Crippen LogP contribution in [0.5, 0.6) is 0 Å². The maximum Gasteiger partial charge on any atom is 0.125 e. The molecule has 2 rings (SSSR count). The van der Waals surface area contributed by atoms with Gasteiger partial charge in [-0.2, -0.15) is 0 Å². The first-order chi connectivity index (χ1) is 10.1. The van der Waals surface area contributed by atoms with E-state index in [9.17, 15) is 0 Å². The van der Waals surface area contributed by atoms with Gasteiger partial charge < -0.3 is 0 Å². The number of hydrogen-bond acceptors (Lipinski definition) is 3. The first-order valence-corrected chi connectivity index (χ1v) is 6.85. The average molecular weight is 277 g/mol. The molecule has 0 aliphatic carbocycles. The van der Waals surface area contributed by atoms with E-state index in [2.05, 4.69) is 45.8 Å². The van der Waals surface area contributed by atoms with Crippen LogP contribution in [0.15, 0.2) is 60.0 Å². The fourth-order valence-corrected chi connectivity index (χ4v) is 1.89. The molecule has 0 spiro atoms. The number of rotatable bonds is 4. The molecule has 0 aliphatic rings. The summed E-state index contributed by atoms with van der Waals surface area (Å²) in [4.78, 5) is 12.7. The van der Waals surface area contributed by atoms with E-state index < -0.39 is 0 Å². The molecule has 0 N–H and O–H groups in total. The van der Waals surface area contributed by atoms with Gasteiger partial charge in [-0.05, 0) is 37.5 Å². The fourth-order valence-electron chi connectivity index (χ4n) is 1.89. The van der Waals surface area contributed by atoms with Crippen LogP contribution in [0.3, 0.4) is 0 Å². The average Bonchev–Trinajstić information content (AvgIpc) is 2.49. The van der Waals surface area contributed by atoms with Gasteiger partial charge in [-0.1, -0.05) is 36.9 Å². The summed E-state index contributed by atoms with van der Waals surface area (Å²) in [6.07, 6.45) is 7.57. The molecule has 106 valence electrons. The number of aryl methyl sites for hydroxylation is 1. The van der Waals surface area contributed by atoms with E-state index in [1.54, 1.807) is 0 Å². The van der Waals surface area contributed by atoms with Crippen molar-refractivity contribution in [1.29, 1.82) is 0 Å². The minimum atomic E-state index is 0.780. The molecule has 0 unspecified atom stereocenters. The lowest BCUT2D eigenvalue weighted by atomic mass is 10.0. The highest BCUT2D eigenvalue weighted by Gasteiger charge is 2.01. The number of allylic oxidation sites excluding steroid dienone is 3. The quantitative estimate of drug-likeness (QED) is 0.774. The Bertz CT molecular complexity index is 677. The van der Waals surface area contributed by atoms with Crippen LogP contribution in [-0.2, 0) is 0 Å². The van der Waals surface area contributed by atoms with E-state index in [1.807, 2.05) is 45.5 Å². The molecule has 3 heteroatoms. The Morgan fingerprint density at radius 1 is 1.10 bits per heavy atom. The Hall–Kier alpha value is -2.55. The summed E-state index contributed by atoms with van der Waals surface area (Å²) >= 11 is 0. The SMILES string of the molecule is C=C(C)/N=C\C(=C/C)c1ccc(-c2cnc(C)nc2)cc1. The highest BCUT2D eigenvalue weighted by molar-refractivity contribution is 6.10. The van der Waals surface area contributed by atoms with Crippen molar-refractivity contribution in [3.05, 3.63) is 66.4 Å². The Morgan fingerprint density at radius 3 is 2.24 bits per heavy atom. The van der Waals surface area contributed by atoms with Crippen LogP contribution in [-0.4, -0.2) is 16.2 Å². The third-order valence-electron chi connectivity index (χ3n) is 3.07. The summed E-state index contributed by atoms with van der Waals surface area (Å²) in [7, 11) is 0. The van der Waals surface area contributed by atoms with Gasteiger partial charge in [0.25, 0.3) is 0 Å². The van der Waals surface area contributed by atoms with Crippen molar-refractivity contribution in [2.24, 2.45) is 4.99 Å². The predicted octanol–water partition coefficient (Wildman–Crippen LogP) is 4.46. The number of aliphatic imine (C=N–C) groups is 1. The maximum absolute atomic E-state index is 4.25. The van der Waals surface area contributed by atoms with Gasteiger partial charge in [0.2, 0.25) is 0 Å². The Morgan fingerprint density at radius 2 is 1.71 bits per heavy atom. The van der Waals surface area contributed by atoms with Gasteiger partial charge >= 0.3 is 0 Å². The Labute approximate surface area is 125 Å². The molecule has 0 saturated heterocycles. The Balaban J connectivity index is 2.26. The second kappa shape index (κ2) is 6.75. The first kappa shape index (κ1) is 14.9. The van der Waals surface area contributed by atoms with Crippen molar-refractivity contribution in [3.63, 3.8) is 0 Å². The van der Waals surface area contributed by atoms with E-state index in [1.165, 1.54) is 0 Å². The van der Waals surface area contributed by atoms with Gasteiger partial charge in [0.1, 0.15) is 5.82 Å². The lowest BCUT2D eigenvalue weighted by Crippen LogP contribution is -1.89. The monoisotopic (exact) mass is 277 g/mol. The molecular formula is C18H19N3. The zero-order valence-corrected chi connectivity index (χ0v) is 12.7. The van der Waals surface area contributed by atoms with Gasteiger partial charge in [-0.3, -0.25) is 4.99 Å². The lowest BCUT2D eigenvalue weighted by Gasteiger charge is -2.05. The summed E-state index contributed by atoms with van der Waals surface area (Å²) in [5.74, 6) is 0.780. The number of aromatic nitrogens is 2. The molecule has 0 atom stereocenters. The smallest absolute Gasteiger partial charge is 0.125 e. The highest BCUT2D eigenvalue weighted by atomic mass is 14.8. The molecule has 21 heavy (non-hydrogen) atoms. The van der Waals surface area contributed by atoms with Crippen molar-refractivity contribution in [1.82, 2.24) is 9.97 Å². The maximum atomic E-state index is 4.25. The molecule has 0 fully saturated rings. The second-order valence-corrected chi connectivity index (χ2v) is 4.83. The van der Waals surface area contributed by atoms with E-state index in [4.69, 9.17) is 0 Å². The van der Waals surface area contributed by atoms with Crippen molar-refractivity contribution < 1.29 is 0 Å². The zero-order chi connectivity index (χ0) is 15.2. The normalized spacial score (nSPS) is 11.9. The summed E-state index contributed by atoms with van der Waals surface area (Å²) in [5.41, 5.74) is 5.11. The van der Waals surface area contributed by atoms with Crippen LogP contribution >= 0.6 is 0 Å². The molecule has 0 bridgehead atoms. The number of hydrogen-bond donors (Lipinski definition) is 0. The van der Waals surface area contributed by atoms with E-state index in [-0.39, 0.29) is 0 Å². The summed E-state index contributed by atoms with van der Waals surface area (Å²) in [6.45, 7) is 9.54. The van der Waals surface area contributed by atoms with Crippen LogP contribution in [0.25, 0.3) is 16.7 Å². The molecule has 3 nitrogen and oxygen atoms in total. The molecule has 0 saturated carbocycles. The van der Waals surface area contributed by atoms with Crippen molar-refractivity contribution in [2.45, 2.75) is 20.8 Å². The van der Waals surface area contributed by atoms with E-state index >= 15 is 0 Å². The van der Waals surface area contributed by atoms with Crippen LogP contribution in [0, 0.1) is 6.92 Å². The van der Waals surface area contributed by atoms with E-state index in [0.29, 0.717) is 0 Å². The highest BCUT2D eigenvalue weighted by Crippen LogP contribution is 2.21. The van der Waals surface area contributed by atoms with Gasteiger partial charge in [0.05, 0.1) is 0 Å². The van der Waals surface area contributed by atoms with Gasteiger partial charge in [-0.25, -0.2) is 9.97 Å². The standard InChI is InChI=1S/C18H19N3/c1-5-15(10-19-13(2)3)16-6-8-17(9-7-16)18-11-20-14(4)21-12-18/h5-12H,2H2,1,3-4H3/b15-5+,19-10-. The molecule has 2 aromatic rings. The van der Waals surface area contributed by atoms with E-state index in [0.717, 1.165) is 33.8 Å². The minimum Gasteiger partial charge on any atom is -0.262 e. The van der Waals surface area contributed by atoms with Crippen LogP contribution in [0.1, 0.15) is 25.2 Å². The fraction of sp³-hybridized carbons (Fsp3) is 0.167. The number of nitrogens with zero attached hydrogens (tertiary/aromatic N) is 3. The largest absolute Gasteiger partial charge is 0.262 e. The number of benzene rings is 1. The summed E-state index contributed by atoms with van der Waals surface area (Å²) < 4.78 is 0. The van der Waals surface area contributed by atoms with Gasteiger partial charge in [0, 0.05) is 29.9 Å². The van der Waals surface area contributed by atoms with Crippen molar-refractivity contribution in [2.75, 3.05) is 0 Å². The molecule has 0 radical (unpaired) electrons. The topological polar surface area (TPSA) is 38.1 Å². The summed E-state index contributed by atoms with van der Waals surface area (Å²) in [6, 6.07) is 8.30. The predicted molar refractivity (Wildman–Crippen MR) is 89.2 cm³/mol. The molecule has 1 aromatic carbocycles. The second-order valence-electron chi connectivity index (χ2n) is 4.83. The summed E-state index contributed by atoms with van der Waals surface area (Å²) in [5, 5.41) is 0. The molecule has 1 aromatic heterocycles. The van der Waals surface area contributed by atoms with Crippen LogP contribution < -0.4 is 0 Å². The zero-order valence-electron chi connectivity index (χ0n) is 12.7. The molecular weight excluding hydrogens is 258 g/mol.